The SMILES string of the molecule is Cc1noc(CCCC(=O)NC(C)(C)CCC(=O)O)n1. The van der Waals surface area contributed by atoms with Crippen molar-refractivity contribution >= 4 is 11.9 Å². The van der Waals surface area contributed by atoms with Crippen molar-refractivity contribution in [3.63, 3.8) is 0 Å². The summed E-state index contributed by atoms with van der Waals surface area (Å²) in [5.41, 5.74) is -0.517. The van der Waals surface area contributed by atoms with Crippen molar-refractivity contribution < 1.29 is 19.2 Å². The summed E-state index contributed by atoms with van der Waals surface area (Å²) >= 11 is 0. The predicted molar refractivity (Wildman–Crippen MR) is 71.1 cm³/mol. The van der Waals surface area contributed by atoms with Gasteiger partial charge in [-0.25, -0.2) is 0 Å². The van der Waals surface area contributed by atoms with Crippen LogP contribution in [0.4, 0.5) is 0 Å². The van der Waals surface area contributed by atoms with E-state index in [1.165, 1.54) is 0 Å². The topological polar surface area (TPSA) is 105 Å². The molecule has 0 saturated heterocycles. The van der Waals surface area contributed by atoms with Gasteiger partial charge in [-0.1, -0.05) is 5.16 Å². The molecule has 0 bridgehead atoms. The van der Waals surface area contributed by atoms with Gasteiger partial charge in [0, 0.05) is 24.8 Å². The highest BCUT2D eigenvalue weighted by Crippen LogP contribution is 2.12. The summed E-state index contributed by atoms with van der Waals surface area (Å²) < 4.78 is 4.95. The van der Waals surface area contributed by atoms with Gasteiger partial charge in [-0.05, 0) is 33.6 Å². The van der Waals surface area contributed by atoms with E-state index in [0.29, 0.717) is 37.4 Å². The van der Waals surface area contributed by atoms with E-state index in [1.54, 1.807) is 6.92 Å². The molecule has 0 aliphatic carbocycles. The number of nitrogens with one attached hydrogen (secondary N) is 1. The summed E-state index contributed by atoms with van der Waals surface area (Å²) in [4.78, 5) is 26.4. The summed E-state index contributed by atoms with van der Waals surface area (Å²) in [7, 11) is 0. The second kappa shape index (κ2) is 7.02. The molecule has 0 unspecified atom stereocenters. The fourth-order valence-corrected chi connectivity index (χ4v) is 1.76. The second-order valence-corrected chi connectivity index (χ2v) is 5.41. The zero-order valence-corrected chi connectivity index (χ0v) is 12.1. The Balaban J connectivity index is 2.27. The van der Waals surface area contributed by atoms with E-state index in [1.807, 2.05) is 13.8 Å². The maximum atomic E-state index is 11.8. The standard InChI is InChI=1S/C13H21N3O4/c1-9-14-11(20-16-9)6-4-5-10(17)15-13(2,3)8-7-12(18)19/h4-8H2,1-3H3,(H,15,17)(H,18,19). The minimum Gasteiger partial charge on any atom is -0.481 e. The molecular formula is C13H21N3O4. The lowest BCUT2D eigenvalue weighted by molar-refractivity contribution is -0.137. The molecule has 112 valence electrons. The van der Waals surface area contributed by atoms with Crippen LogP contribution in [0.25, 0.3) is 0 Å². The first-order chi connectivity index (χ1) is 9.28. The Kier molecular flexibility index (Phi) is 5.66. The third-order valence-electron chi connectivity index (χ3n) is 2.81. The monoisotopic (exact) mass is 283 g/mol. The molecule has 0 spiro atoms. The van der Waals surface area contributed by atoms with Gasteiger partial charge < -0.3 is 14.9 Å². The average molecular weight is 283 g/mol. The van der Waals surface area contributed by atoms with E-state index in [9.17, 15) is 9.59 Å². The third-order valence-corrected chi connectivity index (χ3v) is 2.81. The van der Waals surface area contributed by atoms with Crippen LogP contribution in [-0.4, -0.2) is 32.7 Å². The van der Waals surface area contributed by atoms with Crippen LogP contribution in [-0.2, 0) is 16.0 Å². The molecule has 0 aromatic carbocycles. The number of amides is 1. The van der Waals surface area contributed by atoms with Crippen molar-refractivity contribution in [1.29, 1.82) is 0 Å². The smallest absolute Gasteiger partial charge is 0.303 e. The van der Waals surface area contributed by atoms with Crippen molar-refractivity contribution in [1.82, 2.24) is 15.5 Å². The van der Waals surface area contributed by atoms with Crippen LogP contribution in [0.2, 0.25) is 0 Å². The first-order valence-electron chi connectivity index (χ1n) is 6.60. The van der Waals surface area contributed by atoms with Gasteiger partial charge in [0.25, 0.3) is 0 Å². The lowest BCUT2D eigenvalue weighted by atomic mass is 9.98. The fraction of sp³-hybridized carbons (Fsp3) is 0.692. The fourth-order valence-electron chi connectivity index (χ4n) is 1.76. The van der Waals surface area contributed by atoms with Gasteiger partial charge in [-0.2, -0.15) is 4.98 Å². The molecule has 2 N–H and O–H groups in total. The molecule has 0 aliphatic heterocycles. The van der Waals surface area contributed by atoms with Crippen LogP contribution in [0.3, 0.4) is 0 Å². The summed E-state index contributed by atoms with van der Waals surface area (Å²) in [6, 6.07) is 0. The van der Waals surface area contributed by atoms with Gasteiger partial charge in [-0.15, -0.1) is 0 Å². The van der Waals surface area contributed by atoms with Gasteiger partial charge >= 0.3 is 5.97 Å². The number of rotatable bonds is 8. The van der Waals surface area contributed by atoms with Crippen LogP contribution >= 0.6 is 0 Å². The molecule has 0 aliphatic rings. The number of nitrogens with zero attached hydrogens (tertiary/aromatic N) is 2. The van der Waals surface area contributed by atoms with Crippen molar-refractivity contribution in [3.05, 3.63) is 11.7 Å². The van der Waals surface area contributed by atoms with Crippen LogP contribution < -0.4 is 5.32 Å². The van der Waals surface area contributed by atoms with Crippen molar-refractivity contribution in [2.24, 2.45) is 0 Å². The van der Waals surface area contributed by atoms with E-state index in [0.717, 1.165) is 0 Å². The molecular weight excluding hydrogens is 262 g/mol. The predicted octanol–water partition coefficient (Wildman–Crippen LogP) is 1.46. The van der Waals surface area contributed by atoms with Gasteiger partial charge in [0.15, 0.2) is 5.82 Å². The Morgan fingerprint density at radius 1 is 1.35 bits per heavy atom. The molecule has 0 atom stereocenters. The number of carbonyl (C=O) groups excluding carboxylic acids is 1. The highest BCUT2D eigenvalue weighted by Gasteiger charge is 2.21. The molecule has 1 aromatic rings. The van der Waals surface area contributed by atoms with Gasteiger partial charge in [0.2, 0.25) is 11.8 Å². The maximum absolute atomic E-state index is 11.8. The van der Waals surface area contributed by atoms with E-state index in [2.05, 4.69) is 15.5 Å². The molecule has 7 heteroatoms. The Morgan fingerprint density at radius 3 is 2.60 bits per heavy atom. The molecule has 0 fully saturated rings. The normalized spacial score (nSPS) is 11.3. The summed E-state index contributed by atoms with van der Waals surface area (Å²) in [6.45, 7) is 5.37. The number of hydrogen-bond donors (Lipinski definition) is 2. The van der Waals surface area contributed by atoms with E-state index < -0.39 is 11.5 Å². The average Bonchev–Trinajstić information content (AvgIpc) is 2.72. The minimum atomic E-state index is -0.862. The van der Waals surface area contributed by atoms with E-state index >= 15 is 0 Å². The lowest BCUT2D eigenvalue weighted by Gasteiger charge is -2.25. The minimum absolute atomic E-state index is 0.0363. The molecule has 0 saturated carbocycles. The summed E-state index contributed by atoms with van der Waals surface area (Å²) in [5, 5.41) is 15.2. The van der Waals surface area contributed by atoms with Crippen molar-refractivity contribution in [3.8, 4) is 0 Å². The first kappa shape index (κ1) is 16.1. The van der Waals surface area contributed by atoms with E-state index in [-0.39, 0.29) is 12.3 Å². The quantitative estimate of drug-likeness (QED) is 0.748. The Labute approximate surface area is 117 Å². The molecule has 7 nitrogen and oxygen atoms in total. The molecule has 1 aromatic heterocycles. The highest BCUT2D eigenvalue weighted by molar-refractivity contribution is 5.76. The molecule has 1 heterocycles. The van der Waals surface area contributed by atoms with Crippen molar-refractivity contribution in [2.45, 2.75) is 58.4 Å². The number of aromatic nitrogens is 2. The zero-order valence-electron chi connectivity index (χ0n) is 12.1. The number of carboxylic acids is 1. The highest BCUT2D eigenvalue weighted by atomic mass is 16.5. The van der Waals surface area contributed by atoms with Crippen LogP contribution in [0.15, 0.2) is 4.52 Å². The first-order valence-corrected chi connectivity index (χ1v) is 6.60. The summed E-state index contributed by atoms with van der Waals surface area (Å²) in [5.74, 6) is 0.149. The maximum Gasteiger partial charge on any atom is 0.303 e. The van der Waals surface area contributed by atoms with Gasteiger partial charge in [0.05, 0.1) is 0 Å². The lowest BCUT2D eigenvalue weighted by Crippen LogP contribution is -2.43. The second-order valence-electron chi connectivity index (χ2n) is 5.41. The van der Waals surface area contributed by atoms with Crippen LogP contribution in [0.5, 0.6) is 0 Å². The van der Waals surface area contributed by atoms with Crippen molar-refractivity contribution in [2.75, 3.05) is 0 Å². The van der Waals surface area contributed by atoms with Crippen LogP contribution in [0, 0.1) is 6.92 Å². The van der Waals surface area contributed by atoms with Crippen LogP contribution in [0.1, 0.15) is 51.2 Å². The molecule has 1 rings (SSSR count). The van der Waals surface area contributed by atoms with Gasteiger partial charge in [0.1, 0.15) is 0 Å². The molecule has 0 radical (unpaired) electrons. The Bertz CT molecular complexity index is 468. The number of hydrogen-bond acceptors (Lipinski definition) is 5. The third kappa shape index (κ3) is 6.31. The zero-order chi connectivity index (χ0) is 15.2. The number of carboxylic acid groups (broad SMARTS) is 1. The molecule has 20 heavy (non-hydrogen) atoms. The number of carbonyl (C=O) groups is 2. The molecule has 1 amide bonds. The largest absolute Gasteiger partial charge is 0.481 e. The summed E-state index contributed by atoms with van der Waals surface area (Å²) in [6.07, 6.45) is 1.95. The van der Waals surface area contributed by atoms with Gasteiger partial charge in [-0.3, -0.25) is 9.59 Å². The number of aliphatic carboxylic acids is 1. The van der Waals surface area contributed by atoms with E-state index in [4.69, 9.17) is 9.63 Å². The Morgan fingerprint density at radius 2 is 2.05 bits per heavy atom. The Hall–Kier alpha value is -1.92. The number of aryl methyl sites for hydroxylation is 2.